The normalized spacial score (nSPS) is 31.5. The van der Waals surface area contributed by atoms with Crippen molar-refractivity contribution in [1.82, 2.24) is 0 Å². The lowest BCUT2D eigenvalue weighted by Crippen LogP contribution is -2.39. The molecule has 1 heterocycles. The summed E-state index contributed by atoms with van der Waals surface area (Å²) >= 11 is 1.82. The van der Waals surface area contributed by atoms with Gasteiger partial charge in [0.15, 0.2) is 0 Å². The minimum absolute atomic E-state index is 0.0631. The summed E-state index contributed by atoms with van der Waals surface area (Å²) in [5.74, 6) is 2.42. The zero-order valence-electron chi connectivity index (χ0n) is 9.15. The van der Waals surface area contributed by atoms with Gasteiger partial charge < -0.3 is 5.11 Å². The van der Waals surface area contributed by atoms with Crippen LogP contribution in [0.25, 0.3) is 0 Å². The minimum Gasteiger partial charge on any atom is -0.392 e. The van der Waals surface area contributed by atoms with E-state index in [1.54, 1.807) is 0 Å². The summed E-state index contributed by atoms with van der Waals surface area (Å²) < 4.78 is 0. The molecule has 1 N–H and O–H groups in total. The highest BCUT2D eigenvalue weighted by molar-refractivity contribution is 7.99. The number of aliphatic hydroxyl groups excluding tert-OH is 1. The van der Waals surface area contributed by atoms with Gasteiger partial charge in [0.1, 0.15) is 5.78 Å². The Labute approximate surface area is 95.8 Å². The maximum Gasteiger partial charge on any atom is 0.140 e. The van der Waals surface area contributed by atoms with E-state index in [2.05, 4.69) is 0 Å². The maximum atomic E-state index is 11.7. The third kappa shape index (κ3) is 2.76. The van der Waals surface area contributed by atoms with Crippen LogP contribution in [0.1, 0.15) is 38.5 Å². The topological polar surface area (TPSA) is 37.3 Å². The molecule has 86 valence electrons. The first kappa shape index (κ1) is 11.5. The highest BCUT2D eigenvalue weighted by Crippen LogP contribution is 2.33. The van der Waals surface area contributed by atoms with Crippen molar-refractivity contribution in [2.75, 3.05) is 11.5 Å². The molecule has 0 aromatic carbocycles. The van der Waals surface area contributed by atoms with Crippen molar-refractivity contribution in [1.29, 1.82) is 0 Å². The number of Topliss-reactive ketones (excluding diaryl/α,β-unsaturated/α-hetero) is 1. The van der Waals surface area contributed by atoms with Crippen molar-refractivity contribution in [3.05, 3.63) is 0 Å². The summed E-state index contributed by atoms with van der Waals surface area (Å²) in [6, 6.07) is 0. The maximum absolute atomic E-state index is 11.7. The van der Waals surface area contributed by atoms with Gasteiger partial charge in [0.25, 0.3) is 0 Å². The molecule has 0 aromatic rings. The molecule has 0 spiro atoms. The van der Waals surface area contributed by atoms with Gasteiger partial charge in [-0.3, -0.25) is 4.79 Å². The Balaban J connectivity index is 1.92. The molecule has 0 aromatic heterocycles. The van der Waals surface area contributed by atoms with Crippen LogP contribution in [0.3, 0.4) is 0 Å². The second kappa shape index (κ2) is 5.35. The zero-order chi connectivity index (χ0) is 10.7. The van der Waals surface area contributed by atoms with Gasteiger partial charge >= 0.3 is 0 Å². The van der Waals surface area contributed by atoms with Crippen LogP contribution in [0.4, 0.5) is 0 Å². The molecule has 1 aliphatic carbocycles. The Morgan fingerprint density at radius 2 is 2.00 bits per heavy atom. The molecule has 1 saturated heterocycles. The fourth-order valence-electron chi connectivity index (χ4n) is 2.75. The van der Waals surface area contributed by atoms with Gasteiger partial charge in [-0.15, -0.1) is 0 Å². The summed E-state index contributed by atoms with van der Waals surface area (Å²) in [5.41, 5.74) is 0. The molecule has 2 rings (SSSR count). The molecule has 2 fully saturated rings. The molecule has 0 radical (unpaired) electrons. The van der Waals surface area contributed by atoms with E-state index in [0.29, 0.717) is 18.1 Å². The van der Waals surface area contributed by atoms with E-state index >= 15 is 0 Å². The van der Waals surface area contributed by atoms with Crippen LogP contribution in [0, 0.1) is 11.8 Å². The number of hydrogen-bond donors (Lipinski definition) is 1. The molecule has 15 heavy (non-hydrogen) atoms. The standard InChI is InChI=1S/C12H20O2S/c13-11-6-7-15-8-10(11)12(14)9-4-2-1-3-5-9/h9-10,12,14H,1-8H2/t10-,12-/m1/s1. The van der Waals surface area contributed by atoms with E-state index in [-0.39, 0.29) is 12.0 Å². The second-order valence-corrected chi connectivity index (χ2v) is 5.94. The van der Waals surface area contributed by atoms with E-state index in [4.69, 9.17) is 0 Å². The summed E-state index contributed by atoms with van der Waals surface area (Å²) in [6.07, 6.45) is 6.32. The van der Waals surface area contributed by atoms with Gasteiger partial charge in [0, 0.05) is 17.9 Å². The Bertz CT molecular complexity index is 224. The quantitative estimate of drug-likeness (QED) is 0.787. The van der Waals surface area contributed by atoms with Crippen molar-refractivity contribution < 1.29 is 9.90 Å². The van der Waals surface area contributed by atoms with E-state index in [1.807, 2.05) is 11.8 Å². The van der Waals surface area contributed by atoms with Gasteiger partial charge in [-0.25, -0.2) is 0 Å². The van der Waals surface area contributed by atoms with Gasteiger partial charge in [-0.2, -0.15) is 11.8 Å². The number of carbonyl (C=O) groups is 1. The highest BCUT2D eigenvalue weighted by atomic mass is 32.2. The molecule has 2 atom stereocenters. The molecule has 0 unspecified atom stereocenters. The van der Waals surface area contributed by atoms with Crippen LogP contribution in [-0.4, -0.2) is 28.5 Å². The molecular weight excluding hydrogens is 208 g/mol. The Kier molecular flexibility index (Phi) is 4.09. The average molecular weight is 228 g/mol. The number of carbonyl (C=O) groups excluding carboxylic acids is 1. The molecule has 2 aliphatic rings. The van der Waals surface area contributed by atoms with Crippen LogP contribution in [0.15, 0.2) is 0 Å². The Hall–Kier alpha value is -0.0200. The number of hydrogen-bond acceptors (Lipinski definition) is 3. The van der Waals surface area contributed by atoms with Crippen LogP contribution in [0.5, 0.6) is 0 Å². The van der Waals surface area contributed by atoms with Crippen LogP contribution < -0.4 is 0 Å². The van der Waals surface area contributed by atoms with Crippen molar-refractivity contribution in [2.45, 2.75) is 44.6 Å². The van der Waals surface area contributed by atoms with Crippen molar-refractivity contribution in [3.8, 4) is 0 Å². The smallest absolute Gasteiger partial charge is 0.140 e. The Morgan fingerprint density at radius 3 is 2.67 bits per heavy atom. The number of aliphatic hydroxyl groups is 1. The first-order valence-corrected chi connectivity index (χ1v) is 7.23. The Morgan fingerprint density at radius 1 is 1.27 bits per heavy atom. The molecule has 1 aliphatic heterocycles. The SMILES string of the molecule is O=C1CCSC[C@H]1[C@H](O)C1CCCCC1. The molecule has 1 saturated carbocycles. The van der Waals surface area contributed by atoms with Gasteiger partial charge in [-0.1, -0.05) is 19.3 Å². The summed E-state index contributed by atoms with van der Waals surface area (Å²) in [7, 11) is 0. The third-order valence-corrected chi connectivity index (χ3v) is 4.84. The average Bonchev–Trinajstić information content (AvgIpc) is 2.30. The summed E-state index contributed by atoms with van der Waals surface area (Å²) in [4.78, 5) is 11.7. The first-order chi connectivity index (χ1) is 7.29. The number of thioether (sulfide) groups is 1. The number of ketones is 1. The molecular formula is C12H20O2S. The van der Waals surface area contributed by atoms with Gasteiger partial charge in [0.05, 0.1) is 12.0 Å². The third-order valence-electron chi connectivity index (χ3n) is 3.75. The van der Waals surface area contributed by atoms with Gasteiger partial charge in [-0.05, 0) is 18.8 Å². The van der Waals surface area contributed by atoms with Crippen molar-refractivity contribution in [2.24, 2.45) is 11.8 Å². The summed E-state index contributed by atoms with van der Waals surface area (Å²) in [6.45, 7) is 0. The fourth-order valence-corrected chi connectivity index (χ4v) is 3.90. The predicted octanol–water partition coefficient (Wildman–Crippen LogP) is 2.25. The lowest BCUT2D eigenvalue weighted by Gasteiger charge is -2.33. The largest absolute Gasteiger partial charge is 0.392 e. The lowest BCUT2D eigenvalue weighted by atomic mass is 9.79. The molecule has 0 bridgehead atoms. The molecule has 3 heteroatoms. The van der Waals surface area contributed by atoms with E-state index in [9.17, 15) is 9.90 Å². The number of rotatable bonds is 2. The lowest BCUT2D eigenvalue weighted by molar-refractivity contribution is -0.126. The van der Waals surface area contributed by atoms with Crippen molar-refractivity contribution >= 4 is 17.5 Å². The fraction of sp³-hybridized carbons (Fsp3) is 0.917. The highest BCUT2D eigenvalue weighted by Gasteiger charge is 2.34. The summed E-state index contributed by atoms with van der Waals surface area (Å²) in [5, 5.41) is 10.2. The first-order valence-electron chi connectivity index (χ1n) is 6.07. The van der Waals surface area contributed by atoms with Crippen LogP contribution >= 0.6 is 11.8 Å². The second-order valence-electron chi connectivity index (χ2n) is 4.79. The van der Waals surface area contributed by atoms with E-state index in [0.717, 1.165) is 24.3 Å². The monoisotopic (exact) mass is 228 g/mol. The van der Waals surface area contributed by atoms with Gasteiger partial charge in [0.2, 0.25) is 0 Å². The van der Waals surface area contributed by atoms with E-state index < -0.39 is 0 Å². The zero-order valence-corrected chi connectivity index (χ0v) is 9.97. The van der Waals surface area contributed by atoms with Crippen LogP contribution in [-0.2, 0) is 4.79 Å². The van der Waals surface area contributed by atoms with E-state index in [1.165, 1.54) is 19.3 Å². The molecule has 0 amide bonds. The minimum atomic E-state index is -0.356. The van der Waals surface area contributed by atoms with Crippen LogP contribution in [0.2, 0.25) is 0 Å². The predicted molar refractivity (Wildman–Crippen MR) is 63.0 cm³/mol. The van der Waals surface area contributed by atoms with Crippen molar-refractivity contribution in [3.63, 3.8) is 0 Å². The molecule has 2 nitrogen and oxygen atoms in total.